The second-order valence-electron chi connectivity index (χ2n) is 4.84. The molecule has 0 spiro atoms. The van der Waals surface area contributed by atoms with E-state index in [1.54, 1.807) is 12.1 Å². The summed E-state index contributed by atoms with van der Waals surface area (Å²) in [6, 6.07) is 4.60. The van der Waals surface area contributed by atoms with Crippen molar-refractivity contribution < 1.29 is 14.3 Å². The van der Waals surface area contributed by atoms with Crippen LogP contribution in [0.4, 0.5) is 0 Å². The van der Waals surface area contributed by atoms with Crippen LogP contribution in [0, 0.1) is 5.92 Å². The SMILES string of the molecule is COC(=O)C(CC(C)C)NC(=O)c1cc(Br)cc(Br)c1. The van der Waals surface area contributed by atoms with Crippen LogP contribution in [0.2, 0.25) is 0 Å². The van der Waals surface area contributed by atoms with Crippen LogP contribution in [-0.2, 0) is 9.53 Å². The lowest BCUT2D eigenvalue weighted by molar-refractivity contribution is -0.143. The number of nitrogens with one attached hydrogen (secondary N) is 1. The molecule has 0 aliphatic heterocycles. The van der Waals surface area contributed by atoms with Gasteiger partial charge in [-0.05, 0) is 30.5 Å². The Morgan fingerprint density at radius 2 is 1.75 bits per heavy atom. The number of ether oxygens (including phenoxy) is 1. The number of methoxy groups -OCH3 is 1. The Balaban J connectivity index is 2.87. The second-order valence-corrected chi connectivity index (χ2v) is 6.67. The molecule has 0 fully saturated rings. The van der Waals surface area contributed by atoms with Crippen LogP contribution < -0.4 is 5.32 Å². The summed E-state index contributed by atoms with van der Waals surface area (Å²) in [5.41, 5.74) is 0.476. The summed E-state index contributed by atoms with van der Waals surface area (Å²) >= 11 is 6.66. The third kappa shape index (κ3) is 5.25. The predicted molar refractivity (Wildman–Crippen MR) is 84.6 cm³/mol. The molecule has 1 atom stereocenters. The lowest BCUT2D eigenvalue weighted by Gasteiger charge is -2.18. The van der Waals surface area contributed by atoms with Crippen molar-refractivity contribution in [3.8, 4) is 0 Å². The van der Waals surface area contributed by atoms with E-state index in [1.807, 2.05) is 19.9 Å². The van der Waals surface area contributed by atoms with E-state index in [0.29, 0.717) is 12.0 Å². The van der Waals surface area contributed by atoms with E-state index in [2.05, 4.69) is 37.2 Å². The summed E-state index contributed by atoms with van der Waals surface area (Å²) in [4.78, 5) is 23.9. The van der Waals surface area contributed by atoms with Gasteiger partial charge in [-0.1, -0.05) is 45.7 Å². The fourth-order valence-corrected chi connectivity index (χ4v) is 3.05. The minimum atomic E-state index is -0.634. The smallest absolute Gasteiger partial charge is 0.328 e. The van der Waals surface area contributed by atoms with E-state index in [-0.39, 0.29) is 11.8 Å². The number of benzene rings is 1. The number of hydrogen-bond acceptors (Lipinski definition) is 3. The molecular weight excluding hydrogens is 390 g/mol. The molecule has 1 aromatic rings. The number of halogens is 2. The highest BCUT2D eigenvalue weighted by molar-refractivity contribution is 9.11. The van der Waals surface area contributed by atoms with E-state index in [9.17, 15) is 9.59 Å². The number of carbonyl (C=O) groups excluding carboxylic acids is 2. The topological polar surface area (TPSA) is 55.4 Å². The Labute approximate surface area is 135 Å². The summed E-state index contributed by atoms with van der Waals surface area (Å²) in [5, 5.41) is 2.71. The van der Waals surface area contributed by atoms with Crippen molar-refractivity contribution in [2.75, 3.05) is 7.11 Å². The summed E-state index contributed by atoms with van der Waals surface area (Å²) in [5.74, 6) is -0.460. The highest BCUT2D eigenvalue weighted by Gasteiger charge is 2.23. The molecule has 0 heterocycles. The molecule has 1 aromatic carbocycles. The Bertz CT molecular complexity index is 483. The third-order valence-electron chi connectivity index (χ3n) is 2.62. The Morgan fingerprint density at radius 3 is 2.20 bits per heavy atom. The van der Waals surface area contributed by atoms with Gasteiger partial charge in [0.1, 0.15) is 6.04 Å². The molecule has 20 heavy (non-hydrogen) atoms. The first-order valence-corrected chi connectivity index (χ1v) is 7.77. The van der Waals surface area contributed by atoms with Gasteiger partial charge in [0.05, 0.1) is 7.11 Å². The maximum atomic E-state index is 12.2. The monoisotopic (exact) mass is 405 g/mol. The van der Waals surface area contributed by atoms with E-state index in [4.69, 9.17) is 4.74 Å². The standard InChI is InChI=1S/C14H17Br2NO3/c1-8(2)4-12(14(19)20-3)17-13(18)9-5-10(15)7-11(16)6-9/h5-8,12H,4H2,1-3H3,(H,17,18). The van der Waals surface area contributed by atoms with Gasteiger partial charge in [-0.15, -0.1) is 0 Å². The predicted octanol–water partition coefficient (Wildman–Crippen LogP) is 3.53. The average Bonchev–Trinajstić information content (AvgIpc) is 2.35. The first-order chi connectivity index (χ1) is 9.33. The van der Waals surface area contributed by atoms with Crippen molar-refractivity contribution in [2.24, 2.45) is 5.92 Å². The number of esters is 1. The average molecular weight is 407 g/mol. The molecule has 1 rings (SSSR count). The molecule has 4 nitrogen and oxygen atoms in total. The molecule has 0 aromatic heterocycles. The lowest BCUT2D eigenvalue weighted by atomic mass is 10.0. The molecule has 0 bridgehead atoms. The van der Waals surface area contributed by atoms with Crippen LogP contribution in [0.1, 0.15) is 30.6 Å². The Morgan fingerprint density at radius 1 is 1.20 bits per heavy atom. The van der Waals surface area contributed by atoms with Crippen molar-refractivity contribution >= 4 is 43.7 Å². The van der Waals surface area contributed by atoms with Gasteiger partial charge < -0.3 is 10.1 Å². The zero-order valence-corrected chi connectivity index (χ0v) is 14.7. The fraction of sp³-hybridized carbons (Fsp3) is 0.429. The highest BCUT2D eigenvalue weighted by Crippen LogP contribution is 2.20. The van der Waals surface area contributed by atoms with Crippen molar-refractivity contribution in [1.82, 2.24) is 5.32 Å². The molecule has 0 radical (unpaired) electrons. The zero-order valence-electron chi connectivity index (χ0n) is 11.6. The van der Waals surface area contributed by atoms with Crippen molar-refractivity contribution in [1.29, 1.82) is 0 Å². The lowest BCUT2D eigenvalue weighted by Crippen LogP contribution is -2.42. The van der Waals surface area contributed by atoms with Crippen LogP contribution in [0.15, 0.2) is 27.1 Å². The van der Waals surface area contributed by atoms with E-state index >= 15 is 0 Å². The van der Waals surface area contributed by atoms with Crippen LogP contribution in [0.5, 0.6) is 0 Å². The van der Waals surface area contributed by atoms with Gasteiger partial charge in [0.25, 0.3) is 5.91 Å². The maximum Gasteiger partial charge on any atom is 0.328 e. The van der Waals surface area contributed by atoms with Crippen LogP contribution >= 0.6 is 31.9 Å². The Hall–Kier alpha value is -0.880. The molecule has 0 aliphatic carbocycles. The van der Waals surface area contributed by atoms with Gasteiger partial charge in [0.2, 0.25) is 0 Å². The van der Waals surface area contributed by atoms with E-state index in [0.717, 1.165) is 8.95 Å². The van der Waals surface area contributed by atoms with Gasteiger partial charge in [0.15, 0.2) is 0 Å². The van der Waals surface area contributed by atoms with Crippen molar-refractivity contribution in [3.63, 3.8) is 0 Å². The minimum Gasteiger partial charge on any atom is -0.467 e. The Kier molecular flexibility index (Phi) is 6.68. The second kappa shape index (κ2) is 7.78. The zero-order chi connectivity index (χ0) is 15.3. The first-order valence-electron chi connectivity index (χ1n) is 6.18. The third-order valence-corrected chi connectivity index (χ3v) is 3.54. The molecule has 0 saturated carbocycles. The van der Waals surface area contributed by atoms with Gasteiger partial charge in [-0.2, -0.15) is 0 Å². The highest BCUT2D eigenvalue weighted by atomic mass is 79.9. The van der Waals surface area contributed by atoms with Crippen molar-refractivity contribution in [3.05, 3.63) is 32.7 Å². The van der Waals surface area contributed by atoms with Crippen LogP contribution in [0.25, 0.3) is 0 Å². The molecular formula is C14H17Br2NO3. The summed E-state index contributed by atoms with van der Waals surface area (Å²) in [6.45, 7) is 3.97. The summed E-state index contributed by atoms with van der Waals surface area (Å²) < 4.78 is 6.30. The molecule has 1 N–H and O–H groups in total. The molecule has 110 valence electrons. The van der Waals surface area contributed by atoms with Gasteiger partial charge in [-0.3, -0.25) is 4.79 Å². The molecule has 0 aliphatic rings. The van der Waals surface area contributed by atoms with Crippen LogP contribution in [0.3, 0.4) is 0 Å². The minimum absolute atomic E-state index is 0.272. The maximum absolute atomic E-state index is 12.2. The number of rotatable bonds is 5. The number of hydrogen-bond donors (Lipinski definition) is 1. The van der Waals surface area contributed by atoms with Gasteiger partial charge in [0, 0.05) is 14.5 Å². The number of amides is 1. The quantitative estimate of drug-likeness (QED) is 0.761. The van der Waals surface area contributed by atoms with Crippen molar-refractivity contribution in [2.45, 2.75) is 26.3 Å². The van der Waals surface area contributed by atoms with Gasteiger partial charge in [-0.25, -0.2) is 4.79 Å². The molecule has 1 unspecified atom stereocenters. The summed E-state index contributed by atoms with van der Waals surface area (Å²) in [7, 11) is 1.32. The largest absolute Gasteiger partial charge is 0.467 e. The van der Waals surface area contributed by atoms with E-state index in [1.165, 1.54) is 7.11 Å². The fourth-order valence-electron chi connectivity index (χ4n) is 1.75. The summed E-state index contributed by atoms with van der Waals surface area (Å²) in [6.07, 6.45) is 0.535. The van der Waals surface area contributed by atoms with Crippen LogP contribution in [-0.4, -0.2) is 25.0 Å². The first kappa shape index (κ1) is 17.2. The normalized spacial score (nSPS) is 12.1. The molecule has 1 amide bonds. The van der Waals surface area contributed by atoms with Gasteiger partial charge >= 0.3 is 5.97 Å². The molecule has 0 saturated heterocycles. The molecule has 6 heteroatoms. The van der Waals surface area contributed by atoms with E-state index < -0.39 is 12.0 Å². The number of carbonyl (C=O) groups is 2.